The molecule has 27 heavy (non-hydrogen) atoms. The van der Waals surface area contributed by atoms with Gasteiger partial charge in [-0.25, -0.2) is 0 Å². The van der Waals surface area contributed by atoms with Crippen LogP contribution in [-0.2, 0) is 0 Å². The topological polar surface area (TPSA) is 99.2 Å². The number of aliphatic hydroxyl groups is 1. The van der Waals surface area contributed by atoms with Gasteiger partial charge in [0.2, 0.25) is 5.88 Å². The number of H-pyrrole nitrogens is 1. The number of likely N-dealkylation sites (tertiary alicyclic amines) is 1. The van der Waals surface area contributed by atoms with Crippen LogP contribution in [0.5, 0.6) is 5.88 Å². The van der Waals surface area contributed by atoms with E-state index in [4.69, 9.17) is 4.74 Å². The van der Waals surface area contributed by atoms with E-state index >= 15 is 0 Å². The molecule has 0 amide bonds. The average molecular weight is 372 g/mol. The number of nitrogens with zero attached hydrogens (tertiary/aromatic N) is 4. The minimum absolute atomic E-state index is 0.192. The fourth-order valence-corrected chi connectivity index (χ4v) is 3.97. The molecule has 8 nitrogen and oxygen atoms in total. The third kappa shape index (κ3) is 4.56. The number of piperidine rings is 1. The molecular formula is C19H28N6O2. The number of aromatic nitrogens is 4. The number of rotatable bonds is 5. The highest BCUT2D eigenvalue weighted by atomic mass is 16.5. The molecule has 146 valence electrons. The molecule has 2 aliphatic rings. The van der Waals surface area contributed by atoms with Crippen molar-refractivity contribution in [3.05, 3.63) is 24.2 Å². The van der Waals surface area contributed by atoms with Gasteiger partial charge in [-0.2, -0.15) is 10.1 Å². The van der Waals surface area contributed by atoms with Crippen molar-refractivity contribution in [1.82, 2.24) is 25.1 Å². The Balaban J connectivity index is 1.37. The molecule has 2 aromatic heterocycles. The maximum atomic E-state index is 10.2. The van der Waals surface area contributed by atoms with Crippen LogP contribution in [0.25, 0.3) is 0 Å². The first-order valence-electron chi connectivity index (χ1n) is 9.69. The van der Waals surface area contributed by atoms with Gasteiger partial charge in [0, 0.05) is 30.8 Å². The van der Waals surface area contributed by atoms with Crippen molar-refractivity contribution < 1.29 is 9.84 Å². The Bertz CT molecular complexity index is 769. The molecule has 8 heteroatoms. The van der Waals surface area contributed by atoms with Gasteiger partial charge in [-0.1, -0.05) is 0 Å². The van der Waals surface area contributed by atoms with E-state index in [1.807, 2.05) is 13.0 Å². The van der Waals surface area contributed by atoms with E-state index < -0.39 is 5.60 Å². The summed E-state index contributed by atoms with van der Waals surface area (Å²) in [4.78, 5) is 11.0. The molecular weight excluding hydrogens is 344 g/mol. The number of aromatic amines is 1. The summed E-state index contributed by atoms with van der Waals surface area (Å²) in [5.41, 5.74) is 0.469. The molecule has 1 aliphatic heterocycles. The van der Waals surface area contributed by atoms with Crippen molar-refractivity contribution in [1.29, 1.82) is 0 Å². The molecule has 1 saturated heterocycles. The number of anilines is 2. The smallest absolute Gasteiger partial charge is 0.234 e. The quantitative estimate of drug-likeness (QED) is 0.741. The highest BCUT2D eigenvalue weighted by Gasteiger charge is 2.34. The maximum Gasteiger partial charge on any atom is 0.234 e. The minimum atomic E-state index is -0.575. The molecule has 1 aliphatic carbocycles. The third-order valence-corrected chi connectivity index (χ3v) is 5.58. The molecule has 2 atom stereocenters. The van der Waals surface area contributed by atoms with Crippen molar-refractivity contribution in [3.63, 3.8) is 0 Å². The van der Waals surface area contributed by atoms with Gasteiger partial charge >= 0.3 is 0 Å². The van der Waals surface area contributed by atoms with Crippen molar-refractivity contribution in [2.75, 3.05) is 25.5 Å². The van der Waals surface area contributed by atoms with Crippen LogP contribution in [-0.4, -0.2) is 62.0 Å². The van der Waals surface area contributed by atoms with Crippen LogP contribution in [0.3, 0.4) is 0 Å². The summed E-state index contributed by atoms with van der Waals surface area (Å²) in [5.74, 6) is 2.16. The van der Waals surface area contributed by atoms with Crippen LogP contribution < -0.4 is 10.1 Å². The predicted octanol–water partition coefficient (Wildman–Crippen LogP) is 2.43. The minimum Gasteiger partial charge on any atom is -0.473 e. The summed E-state index contributed by atoms with van der Waals surface area (Å²) < 4.78 is 6.00. The second-order valence-corrected chi connectivity index (χ2v) is 8.13. The summed E-state index contributed by atoms with van der Waals surface area (Å²) in [6, 6.07) is 1.98. The second kappa shape index (κ2) is 7.44. The molecule has 0 aromatic carbocycles. The largest absolute Gasteiger partial charge is 0.473 e. The van der Waals surface area contributed by atoms with Crippen LogP contribution in [0, 0.1) is 0 Å². The van der Waals surface area contributed by atoms with Gasteiger partial charge in [-0.05, 0) is 46.1 Å². The van der Waals surface area contributed by atoms with E-state index in [1.54, 1.807) is 12.4 Å². The zero-order valence-corrected chi connectivity index (χ0v) is 16.0. The highest BCUT2D eigenvalue weighted by Crippen LogP contribution is 2.40. The number of ether oxygens (including phenoxy) is 1. The maximum absolute atomic E-state index is 10.2. The zero-order valence-electron chi connectivity index (χ0n) is 16.0. The first-order valence-corrected chi connectivity index (χ1v) is 9.69. The molecule has 0 unspecified atom stereocenters. The van der Waals surface area contributed by atoms with Gasteiger partial charge < -0.3 is 20.1 Å². The molecule has 0 radical (unpaired) electrons. The van der Waals surface area contributed by atoms with Crippen LogP contribution in [0.2, 0.25) is 0 Å². The second-order valence-electron chi connectivity index (χ2n) is 8.13. The monoisotopic (exact) mass is 372 g/mol. The molecule has 4 rings (SSSR count). The van der Waals surface area contributed by atoms with Gasteiger partial charge in [0.25, 0.3) is 0 Å². The molecule has 2 aromatic rings. The van der Waals surface area contributed by atoms with Gasteiger partial charge in [0.05, 0.1) is 18.0 Å². The Hall–Kier alpha value is -2.19. The average Bonchev–Trinajstić information content (AvgIpc) is 3.23. The first kappa shape index (κ1) is 18.2. The molecule has 1 saturated carbocycles. The summed E-state index contributed by atoms with van der Waals surface area (Å²) in [6.45, 7) is 3.98. The van der Waals surface area contributed by atoms with E-state index in [1.165, 1.54) is 0 Å². The molecule has 2 fully saturated rings. The molecule has 3 N–H and O–H groups in total. The van der Waals surface area contributed by atoms with Crippen LogP contribution in [0.15, 0.2) is 18.5 Å². The van der Waals surface area contributed by atoms with E-state index in [9.17, 15) is 5.11 Å². The predicted molar refractivity (Wildman–Crippen MR) is 102 cm³/mol. The normalized spacial score (nSPS) is 27.0. The van der Waals surface area contributed by atoms with E-state index in [0.717, 1.165) is 50.9 Å². The molecule has 0 spiro atoms. The van der Waals surface area contributed by atoms with E-state index in [2.05, 4.69) is 37.4 Å². The summed E-state index contributed by atoms with van der Waals surface area (Å²) >= 11 is 0. The number of hydrogen-bond acceptors (Lipinski definition) is 7. The molecule has 3 heterocycles. The third-order valence-electron chi connectivity index (χ3n) is 5.58. The summed E-state index contributed by atoms with van der Waals surface area (Å²) in [6.07, 6.45) is 8.06. The van der Waals surface area contributed by atoms with Crippen molar-refractivity contribution in [3.8, 4) is 5.88 Å². The van der Waals surface area contributed by atoms with Crippen molar-refractivity contribution >= 4 is 11.6 Å². The fourth-order valence-electron chi connectivity index (χ4n) is 3.97. The first-order chi connectivity index (χ1) is 13.0. The van der Waals surface area contributed by atoms with Crippen molar-refractivity contribution in [2.24, 2.45) is 0 Å². The summed E-state index contributed by atoms with van der Waals surface area (Å²) in [7, 11) is 2.13. The Labute approximate surface area is 159 Å². The lowest BCUT2D eigenvalue weighted by Gasteiger charge is -2.28. The van der Waals surface area contributed by atoms with Crippen LogP contribution in [0.1, 0.15) is 50.6 Å². The molecule has 0 bridgehead atoms. The lowest BCUT2D eigenvalue weighted by Crippen LogP contribution is -2.35. The lowest BCUT2D eigenvalue weighted by molar-refractivity contribution is 0.0664. The Morgan fingerprint density at radius 1 is 1.26 bits per heavy atom. The van der Waals surface area contributed by atoms with Gasteiger partial charge in [0.1, 0.15) is 6.10 Å². The Morgan fingerprint density at radius 3 is 2.81 bits per heavy atom. The van der Waals surface area contributed by atoms with E-state index in [-0.39, 0.29) is 6.10 Å². The van der Waals surface area contributed by atoms with Gasteiger partial charge in [0.15, 0.2) is 11.6 Å². The number of hydrogen-bond donors (Lipinski definition) is 3. The summed E-state index contributed by atoms with van der Waals surface area (Å²) in [5, 5.41) is 20.8. The zero-order chi connectivity index (χ0) is 18.9. The highest BCUT2D eigenvalue weighted by molar-refractivity contribution is 5.51. The standard InChI is InChI=1S/C19H28N6O2/c1-19(26)6-3-13(10-19)15-9-16(24-23-15)21-17-11-20-12-18(22-17)27-14-4-7-25(2)8-5-14/h9,11-14,26H,3-8,10H2,1-2H3,(H2,21,22,23,24)/t13-,19-/m0/s1. The fraction of sp³-hybridized carbons (Fsp3) is 0.632. The van der Waals surface area contributed by atoms with Gasteiger partial charge in [-0.3, -0.25) is 10.1 Å². The lowest BCUT2D eigenvalue weighted by atomic mass is 10.0. The van der Waals surface area contributed by atoms with Crippen LogP contribution >= 0.6 is 0 Å². The Morgan fingerprint density at radius 2 is 2.07 bits per heavy atom. The SMILES string of the molecule is CN1CCC(Oc2cncc(Nc3cc([C@H]4CC[C@](C)(O)C4)[nH]n3)n2)CC1. The van der Waals surface area contributed by atoms with Gasteiger partial charge in [-0.15, -0.1) is 0 Å². The van der Waals surface area contributed by atoms with Crippen LogP contribution in [0.4, 0.5) is 11.6 Å². The number of nitrogens with one attached hydrogen (secondary N) is 2. The van der Waals surface area contributed by atoms with Crippen molar-refractivity contribution in [2.45, 2.75) is 56.7 Å². The Kier molecular flexibility index (Phi) is 5.01. The van der Waals surface area contributed by atoms with E-state index in [0.29, 0.717) is 23.4 Å².